The molecule has 3 aromatic rings. The van der Waals surface area contributed by atoms with Crippen LogP contribution >= 0.6 is 27.5 Å². The summed E-state index contributed by atoms with van der Waals surface area (Å²) in [5, 5.41) is 0.738. The molecule has 0 amide bonds. The van der Waals surface area contributed by atoms with Crippen LogP contribution in [0.4, 0.5) is 0 Å². The van der Waals surface area contributed by atoms with Crippen LogP contribution in [0.15, 0.2) is 58.8 Å². The molecule has 0 spiro atoms. The molecule has 174 valence electrons. The molecule has 0 bridgehead atoms. The third-order valence-corrected chi connectivity index (χ3v) is 6.86. The van der Waals surface area contributed by atoms with Gasteiger partial charge in [-0.25, -0.2) is 0 Å². The number of hydrogen-bond acceptors (Lipinski definition) is 5. The Balaban J connectivity index is 1.38. The van der Waals surface area contributed by atoms with Crippen molar-refractivity contribution in [2.75, 3.05) is 20.4 Å². The van der Waals surface area contributed by atoms with E-state index in [0.29, 0.717) is 30.3 Å². The van der Waals surface area contributed by atoms with Gasteiger partial charge in [-0.3, -0.25) is 9.69 Å². The minimum Gasteiger partial charge on any atom is -0.496 e. The Hall–Kier alpha value is -2.80. The number of hydrogen-bond donors (Lipinski definition) is 0. The van der Waals surface area contributed by atoms with Gasteiger partial charge in [0.25, 0.3) is 0 Å². The molecule has 5 rings (SSSR count). The van der Waals surface area contributed by atoms with E-state index < -0.39 is 0 Å². The maximum atomic E-state index is 13.2. The third kappa shape index (κ3) is 4.45. The van der Waals surface area contributed by atoms with Crippen LogP contribution in [0.25, 0.3) is 6.08 Å². The van der Waals surface area contributed by atoms with Crippen LogP contribution < -0.4 is 14.2 Å². The van der Waals surface area contributed by atoms with Crippen molar-refractivity contribution in [1.29, 1.82) is 0 Å². The van der Waals surface area contributed by atoms with E-state index in [1.165, 1.54) is 5.56 Å². The molecule has 0 unspecified atom stereocenters. The zero-order valence-electron chi connectivity index (χ0n) is 18.9. The predicted octanol–water partition coefficient (Wildman–Crippen LogP) is 6.43. The highest BCUT2D eigenvalue weighted by molar-refractivity contribution is 9.10. The van der Waals surface area contributed by atoms with Gasteiger partial charge in [0.2, 0.25) is 5.78 Å². The number of nitrogens with zero attached hydrogens (tertiary/aromatic N) is 1. The second kappa shape index (κ2) is 9.45. The van der Waals surface area contributed by atoms with Crippen LogP contribution in [0.1, 0.15) is 32.6 Å². The van der Waals surface area contributed by atoms with Crippen LogP contribution in [-0.4, -0.2) is 31.1 Å². The second-order valence-corrected chi connectivity index (χ2v) is 9.75. The lowest BCUT2D eigenvalue weighted by Gasteiger charge is -2.30. The molecule has 2 aliphatic heterocycles. The molecular weight excluding hydrogens is 518 g/mol. The van der Waals surface area contributed by atoms with E-state index in [-0.39, 0.29) is 11.5 Å². The van der Waals surface area contributed by atoms with Crippen molar-refractivity contribution in [3.05, 3.63) is 91.6 Å². The van der Waals surface area contributed by atoms with Crippen LogP contribution in [-0.2, 0) is 13.0 Å². The summed E-state index contributed by atoms with van der Waals surface area (Å²) in [6.45, 7) is 3.99. The van der Waals surface area contributed by atoms with E-state index in [0.717, 1.165) is 44.9 Å². The molecule has 0 saturated carbocycles. The van der Waals surface area contributed by atoms with Crippen molar-refractivity contribution < 1.29 is 19.0 Å². The highest BCUT2D eigenvalue weighted by Crippen LogP contribution is 2.43. The monoisotopic (exact) mass is 539 g/mol. The van der Waals surface area contributed by atoms with Crippen molar-refractivity contribution >= 4 is 39.4 Å². The molecule has 2 heterocycles. The number of benzene rings is 3. The van der Waals surface area contributed by atoms with Gasteiger partial charge in [0.1, 0.15) is 24.0 Å². The summed E-state index contributed by atoms with van der Waals surface area (Å²) in [4.78, 5) is 15.5. The first-order valence-electron chi connectivity index (χ1n) is 11.0. The van der Waals surface area contributed by atoms with Gasteiger partial charge in [0.05, 0.1) is 12.7 Å². The molecule has 0 aromatic heterocycles. The number of methoxy groups -OCH3 is 1. The highest BCUT2D eigenvalue weighted by atomic mass is 79.9. The summed E-state index contributed by atoms with van der Waals surface area (Å²) in [7, 11) is 1.60. The maximum Gasteiger partial charge on any atom is 0.231 e. The van der Waals surface area contributed by atoms with Gasteiger partial charge >= 0.3 is 0 Å². The number of allylic oxidation sites excluding steroid dienone is 1. The fourth-order valence-corrected chi connectivity index (χ4v) is 4.84. The Morgan fingerprint density at radius 3 is 2.71 bits per heavy atom. The third-order valence-electron chi connectivity index (χ3n) is 6.11. The fraction of sp³-hybridized carbons (Fsp3) is 0.222. The Morgan fingerprint density at radius 2 is 1.94 bits per heavy atom. The minimum absolute atomic E-state index is 0.138. The average molecular weight is 541 g/mol. The average Bonchev–Trinajstić information content (AvgIpc) is 3.14. The Bertz CT molecular complexity index is 1300. The first kappa shape index (κ1) is 23.0. The zero-order valence-corrected chi connectivity index (χ0v) is 21.2. The lowest BCUT2D eigenvalue weighted by atomic mass is 9.99. The SMILES string of the molecule is COc1ccc(Br)cc1/C=C1\Oc2c(cc3c(c2C)OCN(CCc2ccc(Cl)cc2)C3)C1=O. The fourth-order valence-electron chi connectivity index (χ4n) is 4.34. The number of rotatable bonds is 5. The normalized spacial score (nSPS) is 16.1. The predicted molar refractivity (Wildman–Crippen MR) is 136 cm³/mol. The largest absolute Gasteiger partial charge is 0.496 e. The molecule has 0 aliphatic carbocycles. The number of Topliss-reactive ketones (excluding diaryl/α,β-unsaturated/α-hetero) is 1. The van der Waals surface area contributed by atoms with E-state index in [4.69, 9.17) is 25.8 Å². The number of ether oxygens (including phenoxy) is 3. The summed E-state index contributed by atoms with van der Waals surface area (Å²) in [5.74, 6) is 2.17. The second-order valence-electron chi connectivity index (χ2n) is 8.39. The first-order valence-corrected chi connectivity index (χ1v) is 12.1. The van der Waals surface area contributed by atoms with Gasteiger partial charge in [-0.1, -0.05) is 39.7 Å². The van der Waals surface area contributed by atoms with Gasteiger partial charge in [-0.05, 0) is 61.4 Å². The smallest absolute Gasteiger partial charge is 0.231 e. The quantitative estimate of drug-likeness (QED) is 0.349. The number of halogens is 2. The van der Waals surface area contributed by atoms with E-state index in [1.807, 2.05) is 55.5 Å². The summed E-state index contributed by atoms with van der Waals surface area (Å²) in [5.41, 5.74) is 4.40. The van der Waals surface area contributed by atoms with Gasteiger partial charge in [0, 0.05) is 39.3 Å². The van der Waals surface area contributed by atoms with Gasteiger partial charge in [-0.2, -0.15) is 0 Å². The molecule has 0 fully saturated rings. The Labute approximate surface area is 212 Å². The molecule has 5 nitrogen and oxygen atoms in total. The summed E-state index contributed by atoms with van der Waals surface area (Å²) in [6.07, 6.45) is 2.62. The molecule has 0 saturated heterocycles. The maximum absolute atomic E-state index is 13.2. The highest BCUT2D eigenvalue weighted by Gasteiger charge is 2.33. The van der Waals surface area contributed by atoms with Crippen molar-refractivity contribution in [3.63, 3.8) is 0 Å². The van der Waals surface area contributed by atoms with Gasteiger partial charge in [-0.15, -0.1) is 0 Å². The Kier molecular flexibility index (Phi) is 6.38. The minimum atomic E-state index is -0.138. The molecule has 0 atom stereocenters. The molecule has 3 aromatic carbocycles. The first-order chi connectivity index (χ1) is 16.4. The molecule has 2 aliphatic rings. The molecule has 0 radical (unpaired) electrons. The van der Waals surface area contributed by atoms with Gasteiger partial charge in [0.15, 0.2) is 5.76 Å². The number of fused-ring (bicyclic) bond motifs is 2. The van der Waals surface area contributed by atoms with E-state index in [9.17, 15) is 4.79 Å². The molecule has 0 N–H and O–H groups in total. The summed E-state index contributed by atoms with van der Waals surface area (Å²) in [6, 6.07) is 15.4. The standard InChI is InChI=1S/C27H23BrClNO4/c1-16-26-19(14-30(15-33-26)10-9-17-3-6-21(29)7-4-17)12-22-25(31)24(34-27(16)22)13-18-11-20(28)5-8-23(18)32-2/h3-8,11-13H,9-10,14-15H2,1-2H3/b24-13-. The number of carbonyl (C=O) groups is 1. The zero-order chi connectivity index (χ0) is 23.8. The van der Waals surface area contributed by atoms with Crippen LogP contribution in [0.5, 0.6) is 17.2 Å². The van der Waals surface area contributed by atoms with Crippen LogP contribution in [0.2, 0.25) is 5.02 Å². The van der Waals surface area contributed by atoms with Crippen molar-refractivity contribution in [3.8, 4) is 17.2 Å². The van der Waals surface area contributed by atoms with Crippen LogP contribution in [0.3, 0.4) is 0 Å². The van der Waals surface area contributed by atoms with Gasteiger partial charge < -0.3 is 14.2 Å². The van der Waals surface area contributed by atoms with Crippen molar-refractivity contribution in [2.24, 2.45) is 0 Å². The lowest BCUT2D eigenvalue weighted by molar-refractivity contribution is 0.0954. The Morgan fingerprint density at radius 1 is 1.15 bits per heavy atom. The summed E-state index contributed by atoms with van der Waals surface area (Å²) < 4.78 is 18.5. The van der Waals surface area contributed by atoms with Crippen molar-refractivity contribution in [1.82, 2.24) is 4.90 Å². The molecule has 34 heavy (non-hydrogen) atoms. The number of carbonyl (C=O) groups excluding carboxylic acids is 1. The topological polar surface area (TPSA) is 48.0 Å². The number of ketones is 1. The van der Waals surface area contributed by atoms with E-state index >= 15 is 0 Å². The van der Waals surface area contributed by atoms with E-state index in [2.05, 4.69) is 20.8 Å². The lowest BCUT2D eigenvalue weighted by Crippen LogP contribution is -2.34. The van der Waals surface area contributed by atoms with E-state index in [1.54, 1.807) is 13.2 Å². The summed E-state index contributed by atoms with van der Waals surface area (Å²) >= 11 is 9.46. The van der Waals surface area contributed by atoms with Crippen molar-refractivity contribution in [2.45, 2.75) is 19.9 Å². The van der Waals surface area contributed by atoms with Crippen LogP contribution in [0, 0.1) is 6.92 Å². The molecule has 7 heteroatoms. The molecular formula is C27H23BrClNO4.